The molecule has 2 aromatic rings. The van der Waals surface area contributed by atoms with Gasteiger partial charge in [-0.05, 0) is 56.1 Å². The van der Waals surface area contributed by atoms with E-state index >= 15 is 0 Å². The van der Waals surface area contributed by atoms with Crippen LogP contribution in [0.2, 0.25) is 0 Å². The molecule has 4 nitrogen and oxygen atoms in total. The maximum atomic E-state index is 12.9. The number of nitrogens with zero attached hydrogens (tertiary/aromatic N) is 1. The van der Waals surface area contributed by atoms with Crippen LogP contribution in [-0.4, -0.2) is 19.0 Å². The van der Waals surface area contributed by atoms with Crippen molar-refractivity contribution in [3.63, 3.8) is 0 Å². The molecule has 1 aliphatic heterocycles. The lowest BCUT2D eigenvalue weighted by Crippen LogP contribution is -2.38. The van der Waals surface area contributed by atoms with E-state index in [1.165, 1.54) is 0 Å². The average Bonchev–Trinajstić information content (AvgIpc) is 2.55. The molecule has 0 fully saturated rings. The van der Waals surface area contributed by atoms with Crippen molar-refractivity contribution in [1.29, 1.82) is 0 Å². The first-order valence-corrected chi connectivity index (χ1v) is 8.17. The highest BCUT2D eigenvalue weighted by Gasteiger charge is 2.29. The predicted octanol–water partition coefficient (Wildman–Crippen LogP) is 3.42. The van der Waals surface area contributed by atoms with Crippen LogP contribution in [-0.2, 0) is 4.79 Å². The molecule has 0 unspecified atom stereocenters. The van der Waals surface area contributed by atoms with Gasteiger partial charge in [0.2, 0.25) is 0 Å². The summed E-state index contributed by atoms with van der Waals surface area (Å²) in [6.45, 7) is 5.16. The lowest BCUT2D eigenvalue weighted by atomic mass is 10.1. The number of aryl methyl sites for hydroxylation is 2. The van der Waals surface area contributed by atoms with Gasteiger partial charge in [-0.2, -0.15) is 0 Å². The van der Waals surface area contributed by atoms with Crippen molar-refractivity contribution >= 4 is 17.7 Å². The molecule has 3 rings (SSSR count). The third kappa shape index (κ3) is 3.34. The second-order valence-corrected chi connectivity index (χ2v) is 6.09. The summed E-state index contributed by atoms with van der Waals surface area (Å²) in [6.07, 6.45) is 2.55. The van der Waals surface area contributed by atoms with E-state index in [0.717, 1.165) is 28.8 Å². The maximum Gasteiger partial charge on any atom is 0.294 e. The predicted molar refractivity (Wildman–Crippen MR) is 97.0 cm³/mol. The van der Waals surface area contributed by atoms with Gasteiger partial charge in [0.15, 0.2) is 11.5 Å². The summed E-state index contributed by atoms with van der Waals surface area (Å²) in [6, 6.07) is 13.9. The third-order valence-electron chi connectivity index (χ3n) is 4.01. The molecule has 0 saturated carbocycles. The summed E-state index contributed by atoms with van der Waals surface area (Å²) in [4.78, 5) is 14.7. The van der Waals surface area contributed by atoms with Gasteiger partial charge in [0.1, 0.15) is 0 Å². The van der Waals surface area contributed by atoms with Crippen molar-refractivity contribution in [2.45, 2.75) is 20.3 Å². The Hall–Kier alpha value is -2.59. The fraction of sp³-hybridized carbons (Fsp3) is 0.250. The normalized spacial score (nSPS) is 15.4. The quantitative estimate of drug-likeness (QED) is 0.878. The number of benzene rings is 2. The zero-order valence-electron chi connectivity index (χ0n) is 14.1. The molecule has 0 radical (unpaired) electrons. The molecule has 2 N–H and O–H groups in total. The Balaban J connectivity index is 2.01. The molecule has 0 spiro atoms. The van der Waals surface area contributed by atoms with Crippen LogP contribution in [0.3, 0.4) is 0 Å². The molecule has 0 aliphatic carbocycles. The number of carbonyl (C=O) groups excluding carboxylic acids is 1. The number of hydrogen-bond acceptors (Lipinski definition) is 3. The lowest BCUT2D eigenvalue weighted by molar-refractivity contribution is -0.117. The lowest BCUT2D eigenvalue weighted by Gasteiger charge is -2.30. The number of anilines is 1. The van der Waals surface area contributed by atoms with Crippen LogP contribution >= 0.6 is 0 Å². The largest absolute Gasteiger partial charge is 0.449 e. The maximum absolute atomic E-state index is 12.9. The van der Waals surface area contributed by atoms with Crippen molar-refractivity contribution in [3.8, 4) is 5.75 Å². The van der Waals surface area contributed by atoms with Crippen LogP contribution in [0.25, 0.3) is 6.08 Å². The van der Waals surface area contributed by atoms with E-state index in [1.54, 1.807) is 11.0 Å². The number of rotatable bonds is 4. The molecule has 0 saturated heterocycles. The first-order valence-electron chi connectivity index (χ1n) is 8.17. The first kappa shape index (κ1) is 16.3. The van der Waals surface area contributed by atoms with E-state index in [0.29, 0.717) is 24.6 Å². The van der Waals surface area contributed by atoms with Gasteiger partial charge < -0.3 is 15.4 Å². The highest BCUT2D eigenvalue weighted by atomic mass is 16.5. The van der Waals surface area contributed by atoms with E-state index in [1.807, 2.05) is 56.3 Å². The summed E-state index contributed by atoms with van der Waals surface area (Å²) >= 11 is 0. The van der Waals surface area contributed by atoms with E-state index in [9.17, 15) is 4.79 Å². The van der Waals surface area contributed by atoms with Gasteiger partial charge in [-0.1, -0.05) is 35.9 Å². The minimum absolute atomic E-state index is 0.122. The zero-order valence-corrected chi connectivity index (χ0v) is 14.1. The number of ether oxygens (including phenoxy) is 1. The van der Waals surface area contributed by atoms with E-state index in [4.69, 9.17) is 10.5 Å². The Morgan fingerprint density at radius 3 is 2.67 bits per heavy atom. The summed E-state index contributed by atoms with van der Waals surface area (Å²) in [5.41, 5.74) is 9.63. The molecule has 1 amide bonds. The van der Waals surface area contributed by atoms with Crippen LogP contribution in [0.4, 0.5) is 5.69 Å². The van der Waals surface area contributed by atoms with Crippen LogP contribution < -0.4 is 15.4 Å². The van der Waals surface area contributed by atoms with Crippen molar-refractivity contribution in [3.05, 3.63) is 64.9 Å². The van der Waals surface area contributed by atoms with Gasteiger partial charge in [-0.15, -0.1) is 0 Å². The Labute approximate surface area is 142 Å². The number of amides is 1. The van der Waals surface area contributed by atoms with E-state index in [-0.39, 0.29) is 5.91 Å². The van der Waals surface area contributed by atoms with Crippen molar-refractivity contribution < 1.29 is 9.53 Å². The first-order chi connectivity index (χ1) is 11.6. The van der Waals surface area contributed by atoms with Crippen LogP contribution in [0.5, 0.6) is 5.75 Å². The van der Waals surface area contributed by atoms with Crippen molar-refractivity contribution in [2.75, 3.05) is 18.0 Å². The van der Waals surface area contributed by atoms with Crippen molar-refractivity contribution in [2.24, 2.45) is 5.73 Å². The Kier molecular flexibility index (Phi) is 4.67. The smallest absolute Gasteiger partial charge is 0.294 e. The van der Waals surface area contributed by atoms with Crippen LogP contribution in [0.1, 0.15) is 23.1 Å². The summed E-state index contributed by atoms with van der Waals surface area (Å²) < 4.78 is 5.89. The van der Waals surface area contributed by atoms with E-state index in [2.05, 4.69) is 0 Å². The molecule has 1 heterocycles. The molecule has 24 heavy (non-hydrogen) atoms. The summed E-state index contributed by atoms with van der Waals surface area (Å²) in [7, 11) is 0. The topological polar surface area (TPSA) is 55.6 Å². The number of hydrogen-bond donors (Lipinski definition) is 1. The van der Waals surface area contributed by atoms with Gasteiger partial charge in [-0.25, -0.2) is 0 Å². The van der Waals surface area contributed by atoms with Gasteiger partial charge in [0, 0.05) is 6.54 Å². The van der Waals surface area contributed by atoms with E-state index < -0.39 is 0 Å². The Morgan fingerprint density at radius 1 is 1.12 bits per heavy atom. The number of nitrogens with two attached hydrogens (primary N) is 1. The average molecular weight is 322 g/mol. The fourth-order valence-electron chi connectivity index (χ4n) is 2.80. The Bertz CT molecular complexity index is 796. The van der Waals surface area contributed by atoms with Gasteiger partial charge >= 0.3 is 0 Å². The Morgan fingerprint density at radius 2 is 1.92 bits per heavy atom. The molecular formula is C20H22N2O2. The number of fused-ring (bicyclic) bond motifs is 1. The molecule has 124 valence electrons. The summed E-state index contributed by atoms with van der Waals surface area (Å²) in [5.74, 6) is 0.924. The SMILES string of the molecule is Cc1cccc(/C=C2/Oc3ccc(C)cc3N(CCCN)C2=O)c1. The standard InChI is InChI=1S/C20H22N2O2/c1-14-5-3-6-16(11-14)13-19-20(23)22(10-4-9-21)17-12-15(2)7-8-18(17)24-19/h3,5-8,11-13H,4,9-10,21H2,1-2H3/b19-13+. The van der Waals surface area contributed by atoms with Crippen LogP contribution in [0.15, 0.2) is 48.2 Å². The summed E-state index contributed by atoms with van der Waals surface area (Å²) in [5, 5.41) is 0. The minimum atomic E-state index is -0.122. The highest BCUT2D eigenvalue weighted by Crippen LogP contribution is 2.36. The molecule has 0 atom stereocenters. The molecule has 4 heteroatoms. The number of carbonyl (C=O) groups is 1. The molecular weight excluding hydrogens is 300 g/mol. The second-order valence-electron chi connectivity index (χ2n) is 6.09. The third-order valence-corrected chi connectivity index (χ3v) is 4.01. The second kappa shape index (κ2) is 6.89. The molecule has 0 aromatic heterocycles. The highest BCUT2D eigenvalue weighted by molar-refractivity contribution is 6.09. The fourth-order valence-corrected chi connectivity index (χ4v) is 2.80. The minimum Gasteiger partial charge on any atom is -0.449 e. The molecule has 2 aromatic carbocycles. The van der Waals surface area contributed by atoms with Gasteiger partial charge in [0.25, 0.3) is 5.91 Å². The van der Waals surface area contributed by atoms with Gasteiger partial charge in [0.05, 0.1) is 5.69 Å². The molecule has 1 aliphatic rings. The zero-order chi connectivity index (χ0) is 17.1. The molecule has 0 bridgehead atoms. The van der Waals surface area contributed by atoms with Crippen molar-refractivity contribution in [1.82, 2.24) is 0 Å². The van der Waals surface area contributed by atoms with Crippen LogP contribution in [0, 0.1) is 13.8 Å². The monoisotopic (exact) mass is 322 g/mol. The van der Waals surface area contributed by atoms with Gasteiger partial charge in [-0.3, -0.25) is 4.79 Å².